The van der Waals surface area contributed by atoms with Crippen LogP contribution >= 0.6 is 15.9 Å². The first-order valence-corrected chi connectivity index (χ1v) is 9.43. The Labute approximate surface area is 147 Å². The molecule has 0 fully saturated rings. The van der Waals surface area contributed by atoms with Crippen molar-refractivity contribution >= 4 is 42.7 Å². The average Bonchev–Trinajstić information content (AvgIpc) is 2.73. The van der Waals surface area contributed by atoms with Crippen molar-refractivity contribution in [3.63, 3.8) is 0 Å². The molecule has 0 amide bonds. The molecule has 2 aromatic carbocycles. The quantitative estimate of drug-likeness (QED) is 0.722. The third kappa shape index (κ3) is 2.76. The van der Waals surface area contributed by atoms with Crippen LogP contribution in [0.25, 0.3) is 11.0 Å². The van der Waals surface area contributed by atoms with E-state index in [1.54, 1.807) is 45.3 Å². The van der Waals surface area contributed by atoms with Gasteiger partial charge in [0.1, 0.15) is 0 Å². The van der Waals surface area contributed by atoms with Gasteiger partial charge < -0.3 is 0 Å². The Morgan fingerprint density at radius 3 is 2.12 bits per heavy atom. The highest BCUT2D eigenvalue weighted by Gasteiger charge is 2.17. The van der Waals surface area contributed by atoms with Crippen molar-refractivity contribution in [1.29, 1.82) is 0 Å². The maximum absolute atomic E-state index is 12.6. The van der Waals surface area contributed by atoms with Gasteiger partial charge in [-0.3, -0.25) is 13.9 Å². The van der Waals surface area contributed by atoms with Gasteiger partial charge in [-0.1, -0.05) is 15.9 Å². The normalized spacial score (nSPS) is 11.8. The number of halogens is 1. The van der Waals surface area contributed by atoms with Crippen molar-refractivity contribution in [3.05, 3.63) is 56.9 Å². The number of benzene rings is 2. The van der Waals surface area contributed by atoms with Crippen molar-refractivity contribution in [2.24, 2.45) is 14.1 Å². The summed E-state index contributed by atoms with van der Waals surface area (Å²) in [5.41, 5.74) is 2.46. The van der Waals surface area contributed by atoms with Gasteiger partial charge in [-0.25, -0.2) is 13.2 Å². The number of hydrogen-bond donors (Lipinski definition) is 1. The van der Waals surface area contributed by atoms with E-state index in [0.717, 1.165) is 15.6 Å². The number of fused-ring (bicyclic) bond motifs is 1. The SMILES string of the molecule is Cc1cc2c(cc1NS(=O)(=O)c1ccc(Br)cc1)n(C)c(=O)n2C. The fraction of sp³-hybridized carbons (Fsp3) is 0.188. The molecule has 0 atom stereocenters. The van der Waals surface area contributed by atoms with Crippen LogP contribution in [-0.2, 0) is 24.1 Å². The van der Waals surface area contributed by atoms with E-state index in [-0.39, 0.29) is 10.6 Å². The number of imidazole rings is 1. The van der Waals surface area contributed by atoms with Crippen molar-refractivity contribution in [2.75, 3.05) is 4.72 Å². The van der Waals surface area contributed by atoms with Crippen molar-refractivity contribution < 1.29 is 8.42 Å². The van der Waals surface area contributed by atoms with Crippen LogP contribution in [0.15, 0.2) is 50.6 Å². The summed E-state index contributed by atoms with van der Waals surface area (Å²) >= 11 is 3.28. The lowest BCUT2D eigenvalue weighted by atomic mass is 10.2. The predicted octanol–water partition coefficient (Wildman–Crippen LogP) is 2.75. The Kier molecular flexibility index (Phi) is 4.05. The molecule has 8 heteroatoms. The van der Waals surface area contributed by atoms with Gasteiger partial charge in [-0.2, -0.15) is 0 Å². The predicted molar refractivity (Wildman–Crippen MR) is 97.8 cm³/mol. The van der Waals surface area contributed by atoms with Crippen molar-refractivity contribution in [2.45, 2.75) is 11.8 Å². The van der Waals surface area contributed by atoms with E-state index in [1.165, 1.54) is 21.3 Å². The molecule has 0 saturated carbocycles. The summed E-state index contributed by atoms with van der Waals surface area (Å²) in [7, 11) is -0.352. The van der Waals surface area contributed by atoms with Crippen LogP contribution < -0.4 is 10.4 Å². The van der Waals surface area contributed by atoms with Gasteiger partial charge in [0.2, 0.25) is 0 Å². The van der Waals surface area contributed by atoms with Crippen LogP contribution in [0.3, 0.4) is 0 Å². The Bertz CT molecular complexity index is 1100. The van der Waals surface area contributed by atoms with Crippen LogP contribution in [-0.4, -0.2) is 17.6 Å². The summed E-state index contributed by atoms with van der Waals surface area (Å²) in [5.74, 6) is 0. The number of hydrogen-bond acceptors (Lipinski definition) is 3. The Hall–Kier alpha value is -2.06. The number of sulfonamides is 1. The maximum atomic E-state index is 12.6. The molecule has 3 aromatic rings. The van der Waals surface area contributed by atoms with Crippen LogP contribution in [0.5, 0.6) is 0 Å². The largest absolute Gasteiger partial charge is 0.328 e. The summed E-state index contributed by atoms with van der Waals surface area (Å²) < 4.78 is 31.6. The number of aryl methyl sites for hydroxylation is 3. The Morgan fingerprint density at radius 2 is 1.54 bits per heavy atom. The molecule has 0 bridgehead atoms. The smallest absolute Gasteiger partial charge is 0.295 e. The maximum Gasteiger partial charge on any atom is 0.328 e. The van der Waals surface area contributed by atoms with Gasteiger partial charge in [-0.05, 0) is 48.9 Å². The zero-order valence-electron chi connectivity index (χ0n) is 13.4. The molecule has 0 aliphatic rings. The first kappa shape index (κ1) is 16.8. The second-order valence-corrected chi connectivity index (χ2v) is 8.21. The second-order valence-electron chi connectivity index (χ2n) is 5.62. The summed E-state index contributed by atoms with van der Waals surface area (Å²) in [6.07, 6.45) is 0. The number of nitrogens with zero attached hydrogens (tertiary/aromatic N) is 2. The standard InChI is InChI=1S/C16H16BrN3O3S/c1-10-8-14-15(20(3)16(21)19(14)2)9-13(10)18-24(22,23)12-6-4-11(17)5-7-12/h4-9,18H,1-3H3. The van der Waals surface area contributed by atoms with E-state index in [0.29, 0.717) is 11.2 Å². The average molecular weight is 410 g/mol. The molecule has 0 unspecified atom stereocenters. The van der Waals surface area contributed by atoms with Crippen LogP contribution in [0.2, 0.25) is 0 Å². The molecular weight excluding hydrogens is 394 g/mol. The van der Waals surface area contributed by atoms with E-state index in [4.69, 9.17) is 0 Å². The lowest BCUT2D eigenvalue weighted by molar-refractivity contribution is 0.601. The minimum atomic E-state index is -3.70. The first-order valence-electron chi connectivity index (χ1n) is 7.15. The van der Waals surface area contributed by atoms with Crippen molar-refractivity contribution in [3.8, 4) is 0 Å². The molecule has 0 aliphatic heterocycles. The van der Waals surface area contributed by atoms with Gasteiger partial charge in [0.15, 0.2) is 0 Å². The molecule has 0 aliphatic carbocycles. The molecule has 0 radical (unpaired) electrons. The highest BCUT2D eigenvalue weighted by Crippen LogP contribution is 2.25. The lowest BCUT2D eigenvalue weighted by Gasteiger charge is -2.11. The molecule has 24 heavy (non-hydrogen) atoms. The lowest BCUT2D eigenvalue weighted by Crippen LogP contribution is -2.19. The van der Waals surface area contributed by atoms with Gasteiger partial charge in [0.05, 0.1) is 21.6 Å². The number of rotatable bonds is 3. The summed E-state index contributed by atoms with van der Waals surface area (Å²) in [4.78, 5) is 12.2. The van der Waals surface area contributed by atoms with E-state index in [9.17, 15) is 13.2 Å². The first-order chi connectivity index (χ1) is 11.2. The fourth-order valence-electron chi connectivity index (χ4n) is 2.58. The van der Waals surface area contributed by atoms with E-state index >= 15 is 0 Å². The molecular formula is C16H16BrN3O3S. The summed E-state index contributed by atoms with van der Waals surface area (Å²) in [5, 5.41) is 0. The van der Waals surface area contributed by atoms with E-state index in [1.807, 2.05) is 0 Å². The van der Waals surface area contributed by atoms with Crippen LogP contribution in [0.1, 0.15) is 5.56 Å². The second kappa shape index (κ2) is 5.78. The van der Waals surface area contributed by atoms with Gasteiger partial charge >= 0.3 is 5.69 Å². The third-order valence-corrected chi connectivity index (χ3v) is 5.90. The van der Waals surface area contributed by atoms with E-state index in [2.05, 4.69) is 20.7 Å². The molecule has 3 rings (SSSR count). The zero-order valence-corrected chi connectivity index (χ0v) is 15.8. The molecule has 1 N–H and O–H groups in total. The zero-order chi connectivity index (χ0) is 17.6. The monoisotopic (exact) mass is 409 g/mol. The third-order valence-electron chi connectivity index (χ3n) is 3.99. The summed E-state index contributed by atoms with van der Waals surface area (Å²) in [6, 6.07) is 9.88. The van der Waals surface area contributed by atoms with Gasteiger partial charge in [0, 0.05) is 18.6 Å². The number of nitrogens with one attached hydrogen (secondary N) is 1. The van der Waals surface area contributed by atoms with Gasteiger partial charge in [-0.15, -0.1) is 0 Å². The molecule has 0 spiro atoms. The number of anilines is 1. The van der Waals surface area contributed by atoms with Crippen LogP contribution in [0, 0.1) is 6.92 Å². The molecule has 1 aromatic heterocycles. The fourth-order valence-corrected chi connectivity index (χ4v) is 3.96. The van der Waals surface area contributed by atoms with Crippen LogP contribution in [0.4, 0.5) is 5.69 Å². The molecule has 1 heterocycles. The highest BCUT2D eigenvalue weighted by molar-refractivity contribution is 9.10. The Balaban J connectivity index is 2.10. The topological polar surface area (TPSA) is 73.1 Å². The van der Waals surface area contributed by atoms with E-state index < -0.39 is 10.0 Å². The Morgan fingerprint density at radius 1 is 1.00 bits per heavy atom. The minimum Gasteiger partial charge on any atom is -0.295 e. The van der Waals surface area contributed by atoms with Crippen molar-refractivity contribution in [1.82, 2.24) is 9.13 Å². The summed E-state index contributed by atoms with van der Waals surface area (Å²) in [6.45, 7) is 1.80. The minimum absolute atomic E-state index is 0.155. The highest BCUT2D eigenvalue weighted by atomic mass is 79.9. The molecule has 0 saturated heterocycles. The number of aromatic nitrogens is 2. The van der Waals surface area contributed by atoms with Gasteiger partial charge in [0.25, 0.3) is 10.0 Å². The molecule has 126 valence electrons. The molecule has 6 nitrogen and oxygen atoms in total.